The van der Waals surface area contributed by atoms with E-state index in [4.69, 9.17) is 17.3 Å². The number of hydrogen-bond donors (Lipinski definition) is 1. The maximum absolute atomic E-state index is 12.6. The van der Waals surface area contributed by atoms with Gasteiger partial charge < -0.3 is 10.6 Å². The van der Waals surface area contributed by atoms with Gasteiger partial charge in [0, 0.05) is 30.2 Å². The fourth-order valence-corrected chi connectivity index (χ4v) is 2.46. The highest BCUT2D eigenvalue weighted by molar-refractivity contribution is 6.31. The van der Waals surface area contributed by atoms with Crippen molar-refractivity contribution in [1.29, 1.82) is 0 Å². The number of carbonyl (C=O) groups excluding carboxylic acids is 1. The van der Waals surface area contributed by atoms with Crippen molar-refractivity contribution in [1.82, 2.24) is 4.90 Å². The molecule has 3 nitrogen and oxygen atoms in total. The van der Waals surface area contributed by atoms with Gasteiger partial charge in [-0.05, 0) is 42.7 Å². The Morgan fingerprint density at radius 3 is 2.50 bits per heavy atom. The molecule has 0 heterocycles. The lowest BCUT2D eigenvalue weighted by Crippen LogP contribution is -2.37. The van der Waals surface area contributed by atoms with Crippen LogP contribution in [0.1, 0.15) is 21.5 Å². The van der Waals surface area contributed by atoms with E-state index in [0.717, 1.165) is 12.0 Å². The molecular weight excluding hydrogens is 296 g/mol. The maximum atomic E-state index is 12.6. The van der Waals surface area contributed by atoms with Crippen LogP contribution in [0.2, 0.25) is 5.02 Å². The van der Waals surface area contributed by atoms with Gasteiger partial charge in [-0.25, -0.2) is 0 Å². The van der Waals surface area contributed by atoms with Crippen LogP contribution in [0.5, 0.6) is 0 Å². The van der Waals surface area contributed by atoms with Crippen LogP contribution in [0.15, 0.2) is 48.5 Å². The van der Waals surface area contributed by atoms with E-state index in [-0.39, 0.29) is 5.91 Å². The topological polar surface area (TPSA) is 46.3 Å². The number of nitrogens with two attached hydrogens (primary N) is 1. The molecule has 116 valence electrons. The fourth-order valence-electron chi connectivity index (χ4n) is 2.34. The van der Waals surface area contributed by atoms with Crippen LogP contribution >= 0.6 is 11.6 Å². The summed E-state index contributed by atoms with van der Waals surface area (Å²) in [6.45, 7) is 3.55. The molecule has 22 heavy (non-hydrogen) atoms. The smallest absolute Gasteiger partial charge is 0.253 e. The molecule has 0 spiro atoms. The minimum Gasteiger partial charge on any atom is -0.337 e. The number of amides is 1. The maximum Gasteiger partial charge on any atom is 0.253 e. The Bertz CT molecular complexity index is 628. The van der Waals surface area contributed by atoms with Crippen LogP contribution in [0.25, 0.3) is 0 Å². The van der Waals surface area contributed by atoms with E-state index in [1.165, 1.54) is 5.56 Å². The molecule has 2 N–H and O–H groups in total. The quantitative estimate of drug-likeness (QED) is 0.889. The Labute approximate surface area is 136 Å². The molecule has 2 aromatic rings. The number of nitrogens with zero attached hydrogens (tertiary/aromatic N) is 1. The number of hydrogen-bond acceptors (Lipinski definition) is 2. The Kier molecular flexibility index (Phi) is 5.99. The van der Waals surface area contributed by atoms with Crippen LogP contribution < -0.4 is 5.73 Å². The second-order valence-corrected chi connectivity index (χ2v) is 5.69. The summed E-state index contributed by atoms with van der Waals surface area (Å²) in [6.07, 6.45) is 0.819. The molecule has 0 fully saturated rings. The number of halogens is 1. The highest BCUT2D eigenvalue weighted by Crippen LogP contribution is 2.17. The van der Waals surface area contributed by atoms with Gasteiger partial charge in [-0.1, -0.05) is 41.9 Å². The Balaban J connectivity index is 2.09. The van der Waals surface area contributed by atoms with Crippen LogP contribution in [0.4, 0.5) is 0 Å². The van der Waals surface area contributed by atoms with E-state index < -0.39 is 0 Å². The van der Waals surface area contributed by atoms with Gasteiger partial charge >= 0.3 is 0 Å². The first-order chi connectivity index (χ1) is 10.6. The van der Waals surface area contributed by atoms with E-state index in [2.05, 4.69) is 12.1 Å². The molecule has 0 bridgehead atoms. The van der Waals surface area contributed by atoms with Crippen molar-refractivity contribution in [2.24, 2.45) is 5.73 Å². The predicted octanol–water partition coefficient (Wildman–Crippen LogP) is 3.29. The largest absolute Gasteiger partial charge is 0.337 e. The van der Waals surface area contributed by atoms with Crippen molar-refractivity contribution in [2.75, 3.05) is 19.6 Å². The van der Waals surface area contributed by atoms with Crippen LogP contribution in [-0.2, 0) is 6.42 Å². The van der Waals surface area contributed by atoms with Crippen LogP contribution in [0.3, 0.4) is 0 Å². The molecule has 0 aliphatic rings. The molecule has 0 radical (unpaired) electrons. The van der Waals surface area contributed by atoms with Crippen molar-refractivity contribution in [3.8, 4) is 0 Å². The third-order valence-electron chi connectivity index (χ3n) is 3.60. The summed E-state index contributed by atoms with van der Waals surface area (Å²) in [5, 5.41) is 0.672. The molecule has 0 aliphatic heterocycles. The summed E-state index contributed by atoms with van der Waals surface area (Å²) in [7, 11) is 0. The van der Waals surface area contributed by atoms with Crippen molar-refractivity contribution in [3.05, 3.63) is 70.2 Å². The number of rotatable bonds is 6. The Hall–Kier alpha value is -1.84. The minimum atomic E-state index is 0.00106. The van der Waals surface area contributed by atoms with E-state index in [9.17, 15) is 4.79 Å². The van der Waals surface area contributed by atoms with Crippen molar-refractivity contribution in [2.45, 2.75) is 13.3 Å². The number of carbonyl (C=O) groups is 1. The molecule has 2 rings (SSSR count). The van der Waals surface area contributed by atoms with Crippen LogP contribution in [-0.4, -0.2) is 30.4 Å². The zero-order valence-electron chi connectivity index (χ0n) is 12.8. The molecule has 0 saturated heterocycles. The average Bonchev–Trinajstić information content (AvgIpc) is 2.54. The average molecular weight is 317 g/mol. The summed E-state index contributed by atoms with van der Waals surface area (Å²) in [5.74, 6) is 0.00106. The Morgan fingerprint density at radius 1 is 1.14 bits per heavy atom. The third-order valence-corrected chi connectivity index (χ3v) is 4.03. The standard InChI is InChI=1S/C18H21ClN2O/c1-14-13-16(7-8-17(14)19)18(22)21(12-10-20)11-9-15-5-3-2-4-6-15/h2-8,13H,9-12,20H2,1H3. The molecule has 0 aromatic heterocycles. The van der Waals surface area contributed by atoms with E-state index in [1.807, 2.05) is 31.2 Å². The van der Waals surface area contributed by atoms with E-state index >= 15 is 0 Å². The van der Waals surface area contributed by atoms with Gasteiger partial charge in [0.15, 0.2) is 0 Å². The number of aryl methyl sites for hydroxylation is 1. The highest BCUT2D eigenvalue weighted by atomic mass is 35.5. The van der Waals surface area contributed by atoms with E-state index in [1.54, 1.807) is 17.0 Å². The molecule has 0 unspecified atom stereocenters. The molecular formula is C18H21ClN2O. The SMILES string of the molecule is Cc1cc(C(=O)N(CCN)CCc2ccccc2)ccc1Cl. The fraction of sp³-hybridized carbons (Fsp3) is 0.278. The minimum absolute atomic E-state index is 0.00106. The molecule has 0 atom stereocenters. The van der Waals surface area contributed by atoms with E-state index in [0.29, 0.717) is 30.2 Å². The monoisotopic (exact) mass is 316 g/mol. The normalized spacial score (nSPS) is 10.5. The first-order valence-electron chi connectivity index (χ1n) is 7.41. The lowest BCUT2D eigenvalue weighted by molar-refractivity contribution is 0.0762. The zero-order chi connectivity index (χ0) is 15.9. The first-order valence-corrected chi connectivity index (χ1v) is 7.79. The zero-order valence-corrected chi connectivity index (χ0v) is 13.5. The van der Waals surface area contributed by atoms with Gasteiger partial charge in [0.05, 0.1) is 0 Å². The summed E-state index contributed by atoms with van der Waals surface area (Å²) in [4.78, 5) is 14.4. The van der Waals surface area contributed by atoms with Crippen molar-refractivity contribution in [3.63, 3.8) is 0 Å². The highest BCUT2D eigenvalue weighted by Gasteiger charge is 2.15. The summed E-state index contributed by atoms with van der Waals surface area (Å²) in [6, 6.07) is 15.5. The number of benzene rings is 2. The van der Waals surface area contributed by atoms with Crippen molar-refractivity contribution < 1.29 is 4.79 Å². The lowest BCUT2D eigenvalue weighted by Gasteiger charge is -2.22. The van der Waals surface area contributed by atoms with Gasteiger partial charge in [0.25, 0.3) is 5.91 Å². The third kappa shape index (κ3) is 4.33. The molecule has 2 aromatic carbocycles. The van der Waals surface area contributed by atoms with Gasteiger partial charge in [-0.3, -0.25) is 4.79 Å². The molecule has 0 aliphatic carbocycles. The van der Waals surface area contributed by atoms with Crippen molar-refractivity contribution >= 4 is 17.5 Å². The Morgan fingerprint density at radius 2 is 1.86 bits per heavy atom. The predicted molar refractivity (Wildman–Crippen MR) is 91.3 cm³/mol. The molecule has 1 amide bonds. The summed E-state index contributed by atoms with van der Waals surface area (Å²) >= 11 is 6.02. The summed E-state index contributed by atoms with van der Waals surface area (Å²) in [5.41, 5.74) is 8.43. The van der Waals surface area contributed by atoms with Gasteiger partial charge in [-0.15, -0.1) is 0 Å². The summed E-state index contributed by atoms with van der Waals surface area (Å²) < 4.78 is 0. The molecule has 0 saturated carbocycles. The first kappa shape index (κ1) is 16.5. The van der Waals surface area contributed by atoms with Gasteiger partial charge in [0.1, 0.15) is 0 Å². The second-order valence-electron chi connectivity index (χ2n) is 5.28. The van der Waals surface area contributed by atoms with Gasteiger partial charge in [-0.2, -0.15) is 0 Å². The molecule has 4 heteroatoms. The second kappa shape index (κ2) is 7.97. The lowest BCUT2D eigenvalue weighted by atomic mass is 10.1. The van der Waals surface area contributed by atoms with Crippen LogP contribution in [0, 0.1) is 6.92 Å². The van der Waals surface area contributed by atoms with Gasteiger partial charge in [0.2, 0.25) is 0 Å².